The first-order valence-corrected chi connectivity index (χ1v) is 8.08. The summed E-state index contributed by atoms with van der Waals surface area (Å²) in [6.07, 6.45) is 4.47. The molecule has 1 N–H and O–H groups in total. The van der Waals surface area contributed by atoms with Gasteiger partial charge in [-0.15, -0.1) is 0 Å². The standard InChI is InChI=1S/C15H25BrN4/c1-17-9-13-8-14(16)10-18-15(13)20(3)11-12-4-6-19(2)7-5-12/h8,10,12,17H,4-7,9,11H2,1-3H3. The maximum Gasteiger partial charge on any atom is 0.132 e. The Morgan fingerprint density at radius 2 is 2.15 bits per heavy atom. The van der Waals surface area contributed by atoms with E-state index in [9.17, 15) is 0 Å². The van der Waals surface area contributed by atoms with Gasteiger partial charge in [0.1, 0.15) is 5.82 Å². The number of rotatable bonds is 5. The maximum atomic E-state index is 4.61. The highest BCUT2D eigenvalue weighted by atomic mass is 79.9. The Bertz CT molecular complexity index is 430. The van der Waals surface area contributed by atoms with Crippen molar-refractivity contribution >= 4 is 21.7 Å². The number of hydrogen-bond donors (Lipinski definition) is 1. The lowest BCUT2D eigenvalue weighted by Crippen LogP contribution is -2.36. The van der Waals surface area contributed by atoms with Crippen LogP contribution in [-0.2, 0) is 6.54 Å². The van der Waals surface area contributed by atoms with Gasteiger partial charge in [-0.1, -0.05) is 0 Å². The molecule has 4 nitrogen and oxygen atoms in total. The van der Waals surface area contributed by atoms with Gasteiger partial charge in [0.2, 0.25) is 0 Å². The minimum absolute atomic E-state index is 0.782. The molecule has 20 heavy (non-hydrogen) atoms. The number of nitrogens with one attached hydrogen (secondary N) is 1. The van der Waals surface area contributed by atoms with Crippen LogP contribution in [0, 0.1) is 5.92 Å². The number of anilines is 1. The highest BCUT2D eigenvalue weighted by Crippen LogP contribution is 2.24. The second-order valence-corrected chi connectivity index (χ2v) is 6.71. The van der Waals surface area contributed by atoms with Gasteiger partial charge >= 0.3 is 0 Å². The van der Waals surface area contributed by atoms with E-state index in [4.69, 9.17) is 0 Å². The molecule has 1 aromatic rings. The zero-order valence-electron chi connectivity index (χ0n) is 12.7. The van der Waals surface area contributed by atoms with Crippen LogP contribution in [0.3, 0.4) is 0 Å². The number of likely N-dealkylation sites (tertiary alicyclic amines) is 1. The van der Waals surface area contributed by atoms with E-state index >= 15 is 0 Å². The summed E-state index contributed by atoms with van der Waals surface area (Å²) in [5.74, 6) is 1.88. The van der Waals surface area contributed by atoms with E-state index in [-0.39, 0.29) is 0 Å². The van der Waals surface area contributed by atoms with E-state index in [0.29, 0.717) is 0 Å². The van der Waals surface area contributed by atoms with Gasteiger partial charge in [-0.25, -0.2) is 4.98 Å². The molecule has 1 aliphatic heterocycles. The van der Waals surface area contributed by atoms with Gasteiger partial charge < -0.3 is 15.1 Å². The summed E-state index contributed by atoms with van der Waals surface area (Å²) in [5, 5.41) is 3.22. The third-order valence-electron chi connectivity index (χ3n) is 4.01. The largest absolute Gasteiger partial charge is 0.359 e. The van der Waals surface area contributed by atoms with Gasteiger partial charge in [-0.05, 0) is 67.9 Å². The van der Waals surface area contributed by atoms with Crippen LogP contribution in [0.25, 0.3) is 0 Å². The predicted molar refractivity (Wildman–Crippen MR) is 88.2 cm³/mol. The third-order valence-corrected chi connectivity index (χ3v) is 4.44. The highest BCUT2D eigenvalue weighted by molar-refractivity contribution is 9.10. The summed E-state index contributed by atoms with van der Waals surface area (Å²) in [6, 6.07) is 2.16. The lowest BCUT2D eigenvalue weighted by atomic mass is 9.96. The molecule has 1 saturated heterocycles. The predicted octanol–water partition coefficient (Wildman–Crippen LogP) is 2.34. The van der Waals surface area contributed by atoms with E-state index in [1.54, 1.807) is 0 Å². The zero-order valence-corrected chi connectivity index (χ0v) is 14.3. The van der Waals surface area contributed by atoms with Crippen LogP contribution in [0.2, 0.25) is 0 Å². The van der Waals surface area contributed by atoms with E-state index in [1.807, 2.05) is 13.2 Å². The lowest BCUT2D eigenvalue weighted by Gasteiger charge is -2.32. The number of hydrogen-bond acceptors (Lipinski definition) is 4. The van der Waals surface area contributed by atoms with E-state index in [1.165, 1.54) is 31.5 Å². The summed E-state index contributed by atoms with van der Waals surface area (Å²) in [5.41, 5.74) is 1.25. The third kappa shape index (κ3) is 4.17. The monoisotopic (exact) mass is 340 g/mol. The van der Waals surface area contributed by atoms with E-state index in [2.05, 4.69) is 56.2 Å². The first-order valence-electron chi connectivity index (χ1n) is 7.29. The fraction of sp³-hybridized carbons (Fsp3) is 0.667. The molecule has 0 aromatic carbocycles. The molecule has 0 bridgehead atoms. The SMILES string of the molecule is CNCc1cc(Br)cnc1N(C)CC1CCN(C)CC1. The van der Waals surface area contributed by atoms with Crippen molar-refractivity contribution < 1.29 is 0 Å². The molecular weight excluding hydrogens is 316 g/mol. The van der Waals surface area contributed by atoms with Crippen molar-refractivity contribution in [3.05, 3.63) is 22.3 Å². The molecular formula is C15H25BrN4. The van der Waals surface area contributed by atoms with Crippen molar-refractivity contribution in [1.29, 1.82) is 0 Å². The van der Waals surface area contributed by atoms with Crippen molar-refractivity contribution in [3.8, 4) is 0 Å². The minimum atomic E-state index is 0.782. The molecule has 0 atom stereocenters. The van der Waals surface area contributed by atoms with Crippen molar-refractivity contribution in [2.24, 2.45) is 5.92 Å². The van der Waals surface area contributed by atoms with E-state index in [0.717, 1.165) is 29.3 Å². The topological polar surface area (TPSA) is 31.4 Å². The summed E-state index contributed by atoms with van der Waals surface area (Å²) >= 11 is 3.51. The number of halogens is 1. The molecule has 1 aliphatic rings. The maximum absolute atomic E-state index is 4.61. The Hall–Kier alpha value is -0.650. The molecule has 0 saturated carbocycles. The summed E-state index contributed by atoms with van der Waals surface area (Å²) in [6.45, 7) is 4.38. The second-order valence-electron chi connectivity index (χ2n) is 5.79. The summed E-state index contributed by atoms with van der Waals surface area (Å²) in [4.78, 5) is 9.34. The van der Waals surface area contributed by atoms with Crippen molar-refractivity contribution in [2.75, 3.05) is 45.7 Å². The normalized spacial score (nSPS) is 17.4. The molecule has 0 radical (unpaired) electrons. The Labute approximate surface area is 130 Å². The van der Waals surface area contributed by atoms with Gasteiger partial charge in [-0.3, -0.25) is 0 Å². The number of pyridine rings is 1. The Balaban J connectivity index is 2.02. The molecule has 1 aromatic heterocycles. The van der Waals surface area contributed by atoms with Gasteiger partial charge in [0.15, 0.2) is 0 Å². The van der Waals surface area contributed by atoms with E-state index < -0.39 is 0 Å². The van der Waals surface area contributed by atoms with Crippen LogP contribution in [0.1, 0.15) is 18.4 Å². The van der Waals surface area contributed by atoms with Crippen molar-refractivity contribution in [2.45, 2.75) is 19.4 Å². The van der Waals surface area contributed by atoms with Gasteiger partial charge in [0.25, 0.3) is 0 Å². The smallest absolute Gasteiger partial charge is 0.132 e. The Kier molecular flexibility index (Phi) is 5.81. The summed E-state index contributed by atoms with van der Waals surface area (Å²) in [7, 11) is 6.34. The molecule has 2 heterocycles. The first kappa shape index (κ1) is 15.7. The molecule has 112 valence electrons. The van der Waals surface area contributed by atoms with Crippen LogP contribution in [0.15, 0.2) is 16.7 Å². The molecule has 0 amide bonds. The van der Waals surface area contributed by atoms with Gasteiger partial charge in [0.05, 0.1) is 0 Å². The van der Waals surface area contributed by atoms with Gasteiger partial charge in [-0.2, -0.15) is 0 Å². The number of nitrogens with zero attached hydrogens (tertiary/aromatic N) is 3. The number of piperidine rings is 1. The average molecular weight is 341 g/mol. The van der Waals surface area contributed by atoms with Crippen LogP contribution in [0.4, 0.5) is 5.82 Å². The molecule has 0 spiro atoms. The lowest BCUT2D eigenvalue weighted by molar-refractivity contribution is 0.222. The molecule has 0 aliphatic carbocycles. The molecule has 2 rings (SSSR count). The first-order chi connectivity index (χ1) is 9.60. The molecule has 5 heteroatoms. The summed E-state index contributed by atoms with van der Waals surface area (Å²) < 4.78 is 1.04. The second kappa shape index (κ2) is 7.38. The molecule has 1 fully saturated rings. The fourth-order valence-corrected chi connectivity index (χ4v) is 3.24. The fourth-order valence-electron chi connectivity index (χ4n) is 2.86. The van der Waals surface area contributed by atoms with Gasteiger partial charge in [0, 0.05) is 36.4 Å². The van der Waals surface area contributed by atoms with Crippen LogP contribution >= 0.6 is 15.9 Å². The van der Waals surface area contributed by atoms with Crippen molar-refractivity contribution in [3.63, 3.8) is 0 Å². The highest BCUT2D eigenvalue weighted by Gasteiger charge is 2.19. The quantitative estimate of drug-likeness (QED) is 0.891. The molecule has 0 unspecified atom stereocenters. The van der Waals surface area contributed by atoms with Crippen LogP contribution in [-0.4, -0.2) is 50.7 Å². The Morgan fingerprint density at radius 1 is 1.45 bits per heavy atom. The van der Waals surface area contributed by atoms with Crippen LogP contribution < -0.4 is 10.2 Å². The number of aromatic nitrogens is 1. The minimum Gasteiger partial charge on any atom is -0.359 e. The average Bonchev–Trinajstić information content (AvgIpc) is 2.42. The van der Waals surface area contributed by atoms with Crippen LogP contribution in [0.5, 0.6) is 0 Å². The van der Waals surface area contributed by atoms with Crippen molar-refractivity contribution in [1.82, 2.24) is 15.2 Å². The zero-order chi connectivity index (χ0) is 14.5. The Morgan fingerprint density at radius 3 is 2.80 bits per heavy atom.